The van der Waals surface area contributed by atoms with Crippen LogP contribution in [-0.2, 0) is 9.59 Å². The second-order valence-electron chi connectivity index (χ2n) is 4.49. The fourth-order valence-corrected chi connectivity index (χ4v) is 2.18. The summed E-state index contributed by atoms with van der Waals surface area (Å²) in [7, 11) is 0. The summed E-state index contributed by atoms with van der Waals surface area (Å²) in [6.45, 7) is 0. The lowest BCUT2D eigenvalue weighted by Gasteiger charge is -2.24. The minimum Gasteiger partial charge on any atom is -0.481 e. The summed E-state index contributed by atoms with van der Waals surface area (Å²) >= 11 is 0. The largest absolute Gasteiger partial charge is 0.481 e. The Labute approximate surface area is 109 Å². The minimum atomic E-state index is -0.983. The van der Waals surface area contributed by atoms with Crippen molar-refractivity contribution in [1.29, 1.82) is 0 Å². The number of rotatable bonds is 3. The van der Waals surface area contributed by atoms with Gasteiger partial charge in [-0.3, -0.25) is 9.59 Å². The first kappa shape index (κ1) is 13.3. The Morgan fingerprint density at radius 3 is 2.53 bits per heavy atom. The first-order chi connectivity index (χ1) is 9.08. The topological polar surface area (TPSA) is 66.4 Å². The van der Waals surface area contributed by atoms with Crippen molar-refractivity contribution in [2.24, 2.45) is 11.8 Å². The molecule has 0 aliphatic heterocycles. The zero-order chi connectivity index (χ0) is 13.8. The van der Waals surface area contributed by atoms with Crippen LogP contribution in [0.15, 0.2) is 36.4 Å². The van der Waals surface area contributed by atoms with Crippen LogP contribution in [0.2, 0.25) is 0 Å². The van der Waals surface area contributed by atoms with Gasteiger partial charge in [-0.15, -0.1) is 0 Å². The van der Waals surface area contributed by atoms with Gasteiger partial charge in [0.1, 0.15) is 5.82 Å². The number of hydrogen-bond acceptors (Lipinski definition) is 2. The molecule has 2 N–H and O–H groups in total. The number of nitrogens with one attached hydrogen (secondary N) is 1. The van der Waals surface area contributed by atoms with E-state index in [0.29, 0.717) is 18.5 Å². The van der Waals surface area contributed by atoms with E-state index in [1.54, 1.807) is 18.2 Å². The number of allylic oxidation sites excluding steroid dienone is 2. The molecule has 1 aliphatic rings. The van der Waals surface area contributed by atoms with Crippen molar-refractivity contribution in [2.75, 3.05) is 5.32 Å². The van der Waals surface area contributed by atoms with E-state index in [1.165, 1.54) is 18.2 Å². The molecule has 1 aromatic rings. The second kappa shape index (κ2) is 5.65. The molecule has 0 saturated carbocycles. The third kappa shape index (κ3) is 3.19. The van der Waals surface area contributed by atoms with Gasteiger partial charge in [-0.1, -0.05) is 18.2 Å². The molecule has 0 bridgehead atoms. The lowest BCUT2D eigenvalue weighted by molar-refractivity contribution is -0.146. The fraction of sp³-hybridized carbons (Fsp3) is 0.286. The van der Waals surface area contributed by atoms with Crippen molar-refractivity contribution in [3.05, 3.63) is 42.2 Å². The maximum atomic E-state index is 13.0. The van der Waals surface area contributed by atoms with Crippen molar-refractivity contribution in [3.8, 4) is 0 Å². The number of carboxylic acids is 1. The molecule has 2 rings (SSSR count). The number of carbonyl (C=O) groups excluding carboxylic acids is 1. The zero-order valence-corrected chi connectivity index (χ0v) is 10.2. The summed E-state index contributed by atoms with van der Waals surface area (Å²) in [4.78, 5) is 23.2. The average Bonchev–Trinajstić information content (AvgIpc) is 2.38. The van der Waals surface area contributed by atoms with Gasteiger partial charge in [0.05, 0.1) is 11.8 Å². The Kier molecular flexibility index (Phi) is 3.94. The van der Waals surface area contributed by atoms with Gasteiger partial charge in [0.25, 0.3) is 0 Å². The summed E-state index contributed by atoms with van der Waals surface area (Å²) < 4.78 is 13.0. The van der Waals surface area contributed by atoms with Crippen LogP contribution >= 0.6 is 0 Å². The van der Waals surface area contributed by atoms with Crippen LogP contribution < -0.4 is 5.32 Å². The molecule has 0 fully saturated rings. The normalized spacial score (nSPS) is 21.9. The maximum absolute atomic E-state index is 13.0. The lowest BCUT2D eigenvalue weighted by atomic mass is 9.82. The smallest absolute Gasteiger partial charge is 0.307 e. The van der Waals surface area contributed by atoms with Gasteiger partial charge in [-0.25, -0.2) is 4.39 Å². The van der Waals surface area contributed by atoms with Crippen LogP contribution in [0.25, 0.3) is 0 Å². The monoisotopic (exact) mass is 263 g/mol. The number of carboxylic acid groups (broad SMARTS) is 1. The number of hydrogen-bond donors (Lipinski definition) is 2. The zero-order valence-electron chi connectivity index (χ0n) is 10.2. The summed E-state index contributed by atoms with van der Waals surface area (Å²) in [6, 6.07) is 5.53. The van der Waals surface area contributed by atoms with Crippen LogP contribution in [0.5, 0.6) is 0 Å². The highest BCUT2D eigenvalue weighted by molar-refractivity contribution is 5.95. The first-order valence-electron chi connectivity index (χ1n) is 6.02. The molecule has 0 radical (unpaired) electrons. The molecule has 0 heterocycles. The van der Waals surface area contributed by atoms with E-state index in [4.69, 9.17) is 5.11 Å². The quantitative estimate of drug-likeness (QED) is 0.823. The molecular weight excluding hydrogens is 249 g/mol. The highest BCUT2D eigenvalue weighted by Crippen LogP contribution is 2.27. The molecule has 0 aromatic heterocycles. The Hall–Kier alpha value is -2.17. The van der Waals surface area contributed by atoms with Crippen LogP contribution in [0.3, 0.4) is 0 Å². The lowest BCUT2D eigenvalue weighted by Crippen LogP contribution is -2.34. The summed E-state index contributed by atoms with van der Waals surface area (Å²) in [5, 5.41) is 11.7. The predicted molar refractivity (Wildman–Crippen MR) is 68.0 cm³/mol. The van der Waals surface area contributed by atoms with Gasteiger partial charge >= 0.3 is 5.97 Å². The highest BCUT2D eigenvalue weighted by atomic mass is 19.1. The van der Waals surface area contributed by atoms with Crippen LogP contribution in [0.1, 0.15) is 12.8 Å². The molecule has 2 atom stereocenters. The van der Waals surface area contributed by atoms with E-state index < -0.39 is 23.6 Å². The van der Waals surface area contributed by atoms with Crippen LogP contribution in [0.4, 0.5) is 10.1 Å². The van der Waals surface area contributed by atoms with E-state index in [-0.39, 0.29) is 5.91 Å². The third-order valence-electron chi connectivity index (χ3n) is 3.18. The molecule has 1 aliphatic carbocycles. The molecule has 0 saturated heterocycles. The van der Waals surface area contributed by atoms with E-state index >= 15 is 0 Å². The van der Waals surface area contributed by atoms with Crippen molar-refractivity contribution < 1.29 is 19.1 Å². The first-order valence-corrected chi connectivity index (χ1v) is 6.02. The molecule has 19 heavy (non-hydrogen) atoms. The summed E-state index contributed by atoms with van der Waals surface area (Å²) in [5.41, 5.74) is 0.337. The maximum Gasteiger partial charge on any atom is 0.307 e. The van der Waals surface area contributed by atoms with Gasteiger partial charge < -0.3 is 10.4 Å². The molecule has 0 spiro atoms. The summed E-state index contributed by atoms with van der Waals surface area (Å²) in [6.07, 6.45) is 4.30. The number of aliphatic carboxylic acids is 1. The number of carbonyl (C=O) groups is 2. The number of halogens is 1. The van der Waals surface area contributed by atoms with Crippen molar-refractivity contribution >= 4 is 17.6 Å². The second-order valence-corrected chi connectivity index (χ2v) is 4.49. The Bertz CT molecular complexity index is 527. The highest BCUT2D eigenvalue weighted by Gasteiger charge is 2.33. The van der Waals surface area contributed by atoms with Crippen LogP contribution in [-0.4, -0.2) is 17.0 Å². The van der Waals surface area contributed by atoms with Gasteiger partial charge in [0, 0.05) is 5.69 Å². The molecule has 4 nitrogen and oxygen atoms in total. The predicted octanol–water partition coefficient (Wildman–Crippen LogP) is 2.43. The molecule has 1 amide bonds. The van der Waals surface area contributed by atoms with Crippen molar-refractivity contribution in [1.82, 2.24) is 0 Å². The van der Waals surface area contributed by atoms with E-state index in [0.717, 1.165) is 0 Å². The number of amides is 1. The SMILES string of the molecule is O=C(O)[C@@H]1CC=CC[C@H]1C(=O)Nc1cccc(F)c1. The number of benzene rings is 1. The van der Waals surface area contributed by atoms with Crippen molar-refractivity contribution in [2.45, 2.75) is 12.8 Å². The summed E-state index contributed by atoms with van der Waals surface area (Å²) in [5.74, 6) is -3.16. The fourth-order valence-electron chi connectivity index (χ4n) is 2.18. The Morgan fingerprint density at radius 1 is 1.21 bits per heavy atom. The molecular formula is C14H14FNO3. The van der Waals surface area contributed by atoms with E-state index in [9.17, 15) is 14.0 Å². The minimum absolute atomic E-state index is 0.337. The molecule has 1 aromatic carbocycles. The molecule has 0 unspecified atom stereocenters. The van der Waals surface area contributed by atoms with E-state index in [1.807, 2.05) is 0 Å². The van der Waals surface area contributed by atoms with Gasteiger partial charge in [-0.2, -0.15) is 0 Å². The molecule has 100 valence electrons. The third-order valence-corrected chi connectivity index (χ3v) is 3.18. The molecule has 5 heteroatoms. The van der Waals surface area contributed by atoms with Gasteiger partial charge in [-0.05, 0) is 31.0 Å². The standard InChI is InChI=1S/C14H14FNO3/c15-9-4-3-5-10(8-9)16-13(17)11-6-1-2-7-12(11)14(18)19/h1-5,8,11-12H,6-7H2,(H,16,17)(H,18,19)/t11-,12-/m1/s1. The van der Waals surface area contributed by atoms with Crippen molar-refractivity contribution in [3.63, 3.8) is 0 Å². The average molecular weight is 263 g/mol. The van der Waals surface area contributed by atoms with Crippen LogP contribution in [0, 0.1) is 17.7 Å². The van der Waals surface area contributed by atoms with Gasteiger partial charge in [0.2, 0.25) is 5.91 Å². The Balaban J connectivity index is 2.10. The Morgan fingerprint density at radius 2 is 1.89 bits per heavy atom. The number of anilines is 1. The van der Waals surface area contributed by atoms with E-state index in [2.05, 4.69) is 5.32 Å². The van der Waals surface area contributed by atoms with Gasteiger partial charge in [0.15, 0.2) is 0 Å².